The van der Waals surface area contributed by atoms with Crippen LogP contribution in [0.25, 0.3) is 82.1 Å². The highest BCUT2D eigenvalue weighted by molar-refractivity contribution is 6.23. The van der Waals surface area contributed by atoms with Gasteiger partial charge in [0.15, 0.2) is 0 Å². The van der Waals surface area contributed by atoms with Crippen molar-refractivity contribution in [1.82, 2.24) is 4.57 Å². The van der Waals surface area contributed by atoms with Gasteiger partial charge in [-0.2, -0.15) is 0 Å². The van der Waals surface area contributed by atoms with Gasteiger partial charge >= 0.3 is 0 Å². The summed E-state index contributed by atoms with van der Waals surface area (Å²) in [6.45, 7) is 0. The predicted molar refractivity (Wildman–Crippen MR) is 239 cm³/mol. The summed E-state index contributed by atoms with van der Waals surface area (Å²) in [6, 6.07) is 79.5. The SMILES string of the molecule is c1ccc(-n2c3ccccc3c3c(-c4cccc(N(c5ccc(-c6cccc7ccccc67)cc5)c5ccc6ccccc6c5)c4)c4ccccc4cc32)cc1. The number of para-hydroxylation sites is 2. The maximum atomic E-state index is 2.42. The fourth-order valence-corrected chi connectivity index (χ4v) is 8.78. The molecule has 0 saturated heterocycles. The molecule has 0 amide bonds. The molecule has 10 aromatic carbocycles. The molecule has 0 aliphatic carbocycles. The predicted octanol–water partition coefficient (Wildman–Crippen LogP) is 15.0. The van der Waals surface area contributed by atoms with Crippen LogP contribution in [0.1, 0.15) is 0 Å². The average Bonchev–Trinajstić information content (AvgIpc) is 3.59. The van der Waals surface area contributed by atoms with Gasteiger partial charge in [-0.05, 0) is 115 Å². The van der Waals surface area contributed by atoms with Crippen molar-refractivity contribution in [1.29, 1.82) is 0 Å². The maximum absolute atomic E-state index is 2.42. The number of nitrogens with zero attached hydrogens (tertiary/aromatic N) is 2. The van der Waals surface area contributed by atoms with Crippen molar-refractivity contribution in [2.75, 3.05) is 4.90 Å². The molecule has 11 aromatic rings. The van der Waals surface area contributed by atoms with E-state index in [4.69, 9.17) is 0 Å². The van der Waals surface area contributed by atoms with Crippen LogP contribution in [-0.4, -0.2) is 4.57 Å². The minimum Gasteiger partial charge on any atom is -0.310 e. The summed E-state index contributed by atoms with van der Waals surface area (Å²) in [4.78, 5) is 2.40. The molecule has 0 unspecified atom stereocenters. The van der Waals surface area contributed by atoms with E-state index in [9.17, 15) is 0 Å². The molecule has 2 nitrogen and oxygen atoms in total. The zero-order valence-electron chi connectivity index (χ0n) is 30.7. The zero-order valence-corrected chi connectivity index (χ0v) is 30.7. The Morgan fingerprint density at radius 1 is 0.321 bits per heavy atom. The first kappa shape index (κ1) is 32.0. The Morgan fingerprint density at radius 2 is 0.946 bits per heavy atom. The zero-order chi connectivity index (χ0) is 37.0. The minimum atomic E-state index is 1.10. The highest BCUT2D eigenvalue weighted by Crippen LogP contribution is 2.45. The van der Waals surface area contributed by atoms with E-state index in [1.54, 1.807) is 0 Å². The first-order chi connectivity index (χ1) is 27.8. The van der Waals surface area contributed by atoms with E-state index < -0.39 is 0 Å². The topological polar surface area (TPSA) is 8.17 Å². The van der Waals surface area contributed by atoms with Crippen molar-refractivity contribution >= 4 is 71.2 Å². The fourth-order valence-electron chi connectivity index (χ4n) is 8.78. The van der Waals surface area contributed by atoms with Crippen LogP contribution in [-0.2, 0) is 0 Å². The lowest BCUT2D eigenvalue weighted by atomic mass is 9.92. The standard InChI is InChI=1S/C54H36N2/c1-2-20-43(21-3-1)56-51-27-11-10-25-50(51)54-52(56)36-41-17-7-9-24-49(41)53(54)42-19-12-22-45(35-42)55(46-33-28-37-14-4-5-16-40(37)34-46)44-31-29-39(30-32-44)48-26-13-18-38-15-6-8-23-47(38)48/h1-36H. The monoisotopic (exact) mass is 712 g/mol. The summed E-state index contributed by atoms with van der Waals surface area (Å²) in [5, 5.41) is 9.91. The van der Waals surface area contributed by atoms with Crippen molar-refractivity contribution in [3.05, 3.63) is 218 Å². The van der Waals surface area contributed by atoms with Crippen LogP contribution >= 0.6 is 0 Å². The summed E-state index contributed by atoms with van der Waals surface area (Å²) in [7, 11) is 0. The van der Waals surface area contributed by atoms with Gasteiger partial charge in [-0.1, -0.05) is 158 Å². The molecule has 0 spiro atoms. The number of rotatable bonds is 6. The number of fused-ring (bicyclic) bond motifs is 6. The van der Waals surface area contributed by atoms with Crippen LogP contribution in [0.5, 0.6) is 0 Å². The lowest BCUT2D eigenvalue weighted by Crippen LogP contribution is -2.10. The minimum absolute atomic E-state index is 1.10. The third-order valence-corrected chi connectivity index (χ3v) is 11.3. The van der Waals surface area contributed by atoms with Crippen molar-refractivity contribution in [2.45, 2.75) is 0 Å². The summed E-state index contributed by atoms with van der Waals surface area (Å²) in [6.07, 6.45) is 0. The van der Waals surface area contributed by atoms with Gasteiger partial charge in [0.25, 0.3) is 0 Å². The Kier molecular flexibility index (Phi) is 7.53. The van der Waals surface area contributed by atoms with Crippen LogP contribution in [0.15, 0.2) is 218 Å². The van der Waals surface area contributed by atoms with Crippen LogP contribution in [0.3, 0.4) is 0 Å². The van der Waals surface area contributed by atoms with Gasteiger partial charge in [0.05, 0.1) is 11.0 Å². The van der Waals surface area contributed by atoms with E-state index in [-0.39, 0.29) is 0 Å². The van der Waals surface area contributed by atoms with Gasteiger partial charge in [-0.3, -0.25) is 0 Å². The maximum Gasteiger partial charge on any atom is 0.0553 e. The van der Waals surface area contributed by atoms with E-state index in [2.05, 4.69) is 228 Å². The summed E-state index contributed by atoms with van der Waals surface area (Å²) in [5.41, 5.74) is 11.7. The molecule has 11 rings (SSSR count). The van der Waals surface area contributed by atoms with Gasteiger partial charge in [0.2, 0.25) is 0 Å². The summed E-state index contributed by atoms with van der Waals surface area (Å²) >= 11 is 0. The summed E-state index contributed by atoms with van der Waals surface area (Å²) < 4.78 is 2.42. The fraction of sp³-hybridized carbons (Fsp3) is 0. The third kappa shape index (κ3) is 5.26. The van der Waals surface area contributed by atoms with E-state index in [0.29, 0.717) is 0 Å². The second-order valence-electron chi connectivity index (χ2n) is 14.5. The van der Waals surface area contributed by atoms with Crippen molar-refractivity contribution in [3.8, 4) is 27.9 Å². The van der Waals surface area contributed by atoms with E-state index >= 15 is 0 Å². The van der Waals surface area contributed by atoms with Crippen molar-refractivity contribution < 1.29 is 0 Å². The molecule has 0 fully saturated rings. The van der Waals surface area contributed by atoms with Gasteiger partial charge in [-0.15, -0.1) is 0 Å². The molecular weight excluding hydrogens is 677 g/mol. The lowest BCUT2D eigenvalue weighted by molar-refractivity contribution is 1.18. The van der Waals surface area contributed by atoms with Gasteiger partial charge in [0, 0.05) is 33.5 Å². The van der Waals surface area contributed by atoms with Gasteiger partial charge in [-0.25, -0.2) is 0 Å². The first-order valence-electron chi connectivity index (χ1n) is 19.3. The number of benzene rings is 10. The number of anilines is 3. The van der Waals surface area contributed by atoms with Gasteiger partial charge < -0.3 is 9.47 Å². The Labute approximate surface area is 325 Å². The molecule has 0 atom stereocenters. The van der Waals surface area contributed by atoms with E-state index in [1.165, 1.54) is 76.4 Å². The second-order valence-corrected chi connectivity index (χ2v) is 14.5. The molecule has 0 saturated carbocycles. The number of hydrogen-bond donors (Lipinski definition) is 0. The third-order valence-electron chi connectivity index (χ3n) is 11.3. The van der Waals surface area contributed by atoms with Gasteiger partial charge in [0.1, 0.15) is 0 Å². The number of aromatic nitrogens is 1. The lowest BCUT2D eigenvalue weighted by Gasteiger charge is -2.27. The Bertz CT molecular complexity index is 3240. The highest BCUT2D eigenvalue weighted by Gasteiger charge is 2.21. The van der Waals surface area contributed by atoms with E-state index in [1.807, 2.05) is 0 Å². The van der Waals surface area contributed by atoms with Crippen LogP contribution in [0, 0.1) is 0 Å². The molecule has 0 N–H and O–H groups in total. The van der Waals surface area contributed by atoms with E-state index in [0.717, 1.165) is 22.7 Å². The molecular formula is C54H36N2. The van der Waals surface area contributed by atoms with Crippen LogP contribution in [0.2, 0.25) is 0 Å². The smallest absolute Gasteiger partial charge is 0.0553 e. The largest absolute Gasteiger partial charge is 0.310 e. The molecule has 262 valence electrons. The summed E-state index contributed by atoms with van der Waals surface area (Å²) in [5.74, 6) is 0. The Balaban J connectivity index is 1.13. The Morgan fingerprint density at radius 3 is 1.79 bits per heavy atom. The second kappa shape index (κ2) is 13.2. The molecule has 0 aliphatic heterocycles. The Hall–Kier alpha value is -7.42. The van der Waals surface area contributed by atoms with Crippen LogP contribution in [0.4, 0.5) is 17.1 Å². The molecule has 2 heteroatoms. The molecule has 1 aromatic heterocycles. The normalized spacial score (nSPS) is 11.6. The quantitative estimate of drug-likeness (QED) is 0.167. The average molecular weight is 713 g/mol. The molecule has 1 heterocycles. The molecule has 56 heavy (non-hydrogen) atoms. The molecule has 0 bridgehead atoms. The van der Waals surface area contributed by atoms with Crippen molar-refractivity contribution in [3.63, 3.8) is 0 Å². The molecule has 0 aliphatic rings. The molecule has 0 radical (unpaired) electrons. The highest BCUT2D eigenvalue weighted by atomic mass is 15.1. The number of hydrogen-bond acceptors (Lipinski definition) is 1. The van der Waals surface area contributed by atoms with Crippen LogP contribution < -0.4 is 4.90 Å². The first-order valence-corrected chi connectivity index (χ1v) is 19.3. The van der Waals surface area contributed by atoms with Crippen molar-refractivity contribution in [2.24, 2.45) is 0 Å².